The molecule has 1 heterocycles. The molecule has 0 aliphatic carbocycles. The molecule has 1 aromatic heterocycles. The molecule has 5 nitrogen and oxygen atoms in total. The zero-order chi connectivity index (χ0) is 18.5. The predicted octanol–water partition coefficient (Wildman–Crippen LogP) is 4.49. The van der Waals surface area contributed by atoms with Crippen LogP contribution in [0.15, 0.2) is 71.5 Å². The zero-order valence-electron chi connectivity index (χ0n) is 13.4. The maximum Gasteiger partial charge on any atom is 0.258 e. The Bertz CT molecular complexity index is 964. The normalized spacial score (nSPS) is 10.2. The molecule has 0 saturated carbocycles. The van der Waals surface area contributed by atoms with Crippen molar-refractivity contribution in [3.8, 4) is 0 Å². The van der Waals surface area contributed by atoms with Gasteiger partial charge in [-0.1, -0.05) is 22.0 Å². The summed E-state index contributed by atoms with van der Waals surface area (Å²) >= 11 is 3.30. The lowest BCUT2D eigenvalue weighted by Gasteiger charge is -2.09. The SMILES string of the molecule is O=C(Nc1ccc(F)c(C(=O)Nc2cccnc2)c1)c1cccc(Br)c1. The van der Waals surface area contributed by atoms with Gasteiger partial charge in [0.2, 0.25) is 0 Å². The largest absolute Gasteiger partial charge is 0.322 e. The van der Waals surface area contributed by atoms with E-state index in [0.29, 0.717) is 16.9 Å². The van der Waals surface area contributed by atoms with Crippen LogP contribution in [0.3, 0.4) is 0 Å². The minimum atomic E-state index is -0.688. The van der Waals surface area contributed by atoms with Gasteiger partial charge in [-0.15, -0.1) is 0 Å². The van der Waals surface area contributed by atoms with Crippen LogP contribution in [-0.2, 0) is 0 Å². The molecule has 0 aliphatic rings. The lowest BCUT2D eigenvalue weighted by Crippen LogP contribution is -2.16. The molecule has 2 N–H and O–H groups in total. The molecular formula is C19H13BrFN3O2. The number of aromatic nitrogens is 1. The van der Waals surface area contributed by atoms with Crippen molar-refractivity contribution in [3.63, 3.8) is 0 Å². The van der Waals surface area contributed by atoms with Gasteiger partial charge in [-0.25, -0.2) is 4.39 Å². The number of hydrogen-bond acceptors (Lipinski definition) is 3. The summed E-state index contributed by atoms with van der Waals surface area (Å²) < 4.78 is 14.8. The molecule has 2 aromatic carbocycles. The van der Waals surface area contributed by atoms with Crippen LogP contribution in [0.2, 0.25) is 0 Å². The maximum absolute atomic E-state index is 14.0. The molecule has 7 heteroatoms. The van der Waals surface area contributed by atoms with Gasteiger partial charge in [0, 0.05) is 21.9 Å². The zero-order valence-corrected chi connectivity index (χ0v) is 15.0. The predicted molar refractivity (Wildman–Crippen MR) is 101 cm³/mol. The summed E-state index contributed by atoms with van der Waals surface area (Å²) in [5, 5.41) is 5.21. The first-order chi connectivity index (χ1) is 12.5. The molecule has 3 rings (SSSR count). The molecular weight excluding hydrogens is 401 g/mol. The smallest absolute Gasteiger partial charge is 0.258 e. The van der Waals surface area contributed by atoms with Crippen LogP contribution in [0.1, 0.15) is 20.7 Å². The number of carbonyl (C=O) groups excluding carboxylic acids is 2. The number of hydrogen-bond donors (Lipinski definition) is 2. The van der Waals surface area contributed by atoms with Crippen LogP contribution >= 0.6 is 15.9 Å². The van der Waals surface area contributed by atoms with Crippen molar-refractivity contribution in [2.75, 3.05) is 10.6 Å². The Hall–Kier alpha value is -3.06. The summed E-state index contributed by atoms with van der Waals surface area (Å²) in [6, 6.07) is 14.0. The van der Waals surface area contributed by atoms with E-state index in [1.54, 1.807) is 42.6 Å². The Morgan fingerprint density at radius 1 is 0.923 bits per heavy atom. The van der Waals surface area contributed by atoms with Crippen molar-refractivity contribution in [3.05, 3.63) is 88.4 Å². The molecule has 130 valence electrons. The molecule has 2 amide bonds. The van der Waals surface area contributed by atoms with Crippen molar-refractivity contribution in [1.82, 2.24) is 4.98 Å². The van der Waals surface area contributed by atoms with E-state index in [9.17, 15) is 14.0 Å². The van der Waals surface area contributed by atoms with Crippen LogP contribution < -0.4 is 10.6 Å². The lowest BCUT2D eigenvalue weighted by molar-refractivity contribution is 0.101. The number of nitrogens with zero attached hydrogens (tertiary/aromatic N) is 1. The third-order valence-electron chi connectivity index (χ3n) is 3.48. The number of nitrogens with one attached hydrogen (secondary N) is 2. The van der Waals surface area contributed by atoms with E-state index < -0.39 is 11.7 Å². The summed E-state index contributed by atoms with van der Waals surface area (Å²) in [6.45, 7) is 0. The lowest BCUT2D eigenvalue weighted by atomic mass is 10.1. The Morgan fingerprint density at radius 2 is 1.73 bits per heavy atom. The maximum atomic E-state index is 14.0. The molecule has 3 aromatic rings. The number of benzene rings is 2. The van der Waals surface area contributed by atoms with E-state index in [0.717, 1.165) is 10.5 Å². The third-order valence-corrected chi connectivity index (χ3v) is 3.97. The van der Waals surface area contributed by atoms with Gasteiger partial charge in [0.1, 0.15) is 5.82 Å². The third kappa shape index (κ3) is 4.31. The minimum absolute atomic E-state index is 0.180. The van der Waals surface area contributed by atoms with Crippen molar-refractivity contribution in [2.45, 2.75) is 0 Å². The fourth-order valence-electron chi connectivity index (χ4n) is 2.25. The molecule has 0 radical (unpaired) electrons. The standard InChI is InChI=1S/C19H13BrFN3O2/c20-13-4-1-3-12(9-13)18(25)23-14-6-7-17(21)16(10-14)19(26)24-15-5-2-8-22-11-15/h1-11H,(H,23,25)(H,24,26). The highest BCUT2D eigenvalue weighted by Crippen LogP contribution is 2.18. The Kier molecular flexibility index (Phi) is 5.38. The van der Waals surface area contributed by atoms with Gasteiger partial charge in [0.15, 0.2) is 0 Å². The highest BCUT2D eigenvalue weighted by Gasteiger charge is 2.14. The second-order valence-electron chi connectivity index (χ2n) is 5.35. The fraction of sp³-hybridized carbons (Fsp3) is 0. The first-order valence-corrected chi connectivity index (χ1v) is 8.40. The second-order valence-corrected chi connectivity index (χ2v) is 6.27. The summed E-state index contributed by atoms with van der Waals surface area (Å²) in [5.41, 5.74) is 1.01. The molecule has 0 spiro atoms. The molecule has 0 fully saturated rings. The average molecular weight is 414 g/mol. The number of rotatable bonds is 4. The van der Waals surface area contributed by atoms with E-state index in [4.69, 9.17) is 0 Å². The molecule has 26 heavy (non-hydrogen) atoms. The number of pyridine rings is 1. The molecule has 0 unspecified atom stereocenters. The first kappa shape index (κ1) is 17.8. The average Bonchev–Trinajstić information content (AvgIpc) is 2.64. The van der Waals surface area contributed by atoms with Crippen LogP contribution in [0.25, 0.3) is 0 Å². The molecule has 0 saturated heterocycles. The molecule has 0 aliphatic heterocycles. The van der Waals surface area contributed by atoms with Crippen LogP contribution in [0.4, 0.5) is 15.8 Å². The van der Waals surface area contributed by atoms with Crippen molar-refractivity contribution in [2.24, 2.45) is 0 Å². The fourth-order valence-corrected chi connectivity index (χ4v) is 2.64. The van der Waals surface area contributed by atoms with Gasteiger partial charge < -0.3 is 10.6 Å². The topological polar surface area (TPSA) is 71.1 Å². The Morgan fingerprint density at radius 3 is 2.46 bits per heavy atom. The number of amides is 2. The number of anilines is 2. The van der Waals surface area contributed by atoms with Gasteiger partial charge in [-0.3, -0.25) is 14.6 Å². The number of halogens is 2. The first-order valence-electron chi connectivity index (χ1n) is 7.61. The second kappa shape index (κ2) is 7.88. The molecule has 0 atom stereocenters. The quantitative estimate of drug-likeness (QED) is 0.661. The highest BCUT2D eigenvalue weighted by atomic mass is 79.9. The van der Waals surface area contributed by atoms with E-state index >= 15 is 0 Å². The van der Waals surface area contributed by atoms with Crippen molar-refractivity contribution >= 4 is 39.1 Å². The van der Waals surface area contributed by atoms with Crippen LogP contribution in [0, 0.1) is 5.82 Å². The van der Waals surface area contributed by atoms with Gasteiger partial charge in [-0.05, 0) is 48.5 Å². The molecule has 0 bridgehead atoms. The highest BCUT2D eigenvalue weighted by molar-refractivity contribution is 9.10. The van der Waals surface area contributed by atoms with Crippen LogP contribution in [0.5, 0.6) is 0 Å². The van der Waals surface area contributed by atoms with Crippen LogP contribution in [-0.4, -0.2) is 16.8 Å². The van der Waals surface area contributed by atoms with Gasteiger partial charge in [0.05, 0.1) is 17.4 Å². The Balaban J connectivity index is 1.79. The number of carbonyl (C=O) groups is 2. The van der Waals surface area contributed by atoms with Gasteiger partial charge in [0.25, 0.3) is 11.8 Å². The van der Waals surface area contributed by atoms with Gasteiger partial charge >= 0.3 is 0 Å². The monoisotopic (exact) mass is 413 g/mol. The van der Waals surface area contributed by atoms with E-state index in [1.807, 2.05) is 0 Å². The summed E-state index contributed by atoms with van der Waals surface area (Å²) in [7, 11) is 0. The van der Waals surface area contributed by atoms with Gasteiger partial charge in [-0.2, -0.15) is 0 Å². The van der Waals surface area contributed by atoms with E-state index in [-0.39, 0.29) is 11.5 Å². The van der Waals surface area contributed by atoms with E-state index in [2.05, 4.69) is 31.5 Å². The van der Waals surface area contributed by atoms with E-state index in [1.165, 1.54) is 18.3 Å². The van der Waals surface area contributed by atoms with Crippen molar-refractivity contribution in [1.29, 1.82) is 0 Å². The summed E-state index contributed by atoms with van der Waals surface area (Å²) in [4.78, 5) is 28.5. The summed E-state index contributed by atoms with van der Waals surface area (Å²) in [5.74, 6) is -1.68. The minimum Gasteiger partial charge on any atom is -0.322 e. The Labute approximate surface area is 157 Å². The van der Waals surface area contributed by atoms with Crippen molar-refractivity contribution < 1.29 is 14.0 Å². The summed E-state index contributed by atoms with van der Waals surface area (Å²) in [6.07, 6.45) is 3.02.